The van der Waals surface area contributed by atoms with E-state index in [9.17, 15) is 13.2 Å². The maximum absolute atomic E-state index is 15.7. The average Bonchev–Trinajstić information content (AvgIpc) is 3.48. The second-order valence-corrected chi connectivity index (χ2v) is 17.9. The van der Waals surface area contributed by atoms with Crippen LogP contribution < -0.4 is 5.73 Å². The van der Waals surface area contributed by atoms with Crippen molar-refractivity contribution in [2.45, 2.75) is 75.0 Å². The third kappa shape index (κ3) is 8.10. The van der Waals surface area contributed by atoms with Gasteiger partial charge in [-0.2, -0.15) is 5.10 Å². The number of carbonyl (C=O) groups is 1. The highest BCUT2D eigenvalue weighted by atomic mass is 32.2. The molecule has 2 heterocycles. The lowest BCUT2D eigenvalue weighted by Gasteiger charge is -2.31. The molecule has 4 bridgehead atoms. The Bertz CT molecular complexity index is 2130. The number of esters is 1. The van der Waals surface area contributed by atoms with Crippen molar-refractivity contribution in [3.8, 4) is 11.4 Å². The van der Waals surface area contributed by atoms with Crippen molar-refractivity contribution < 1.29 is 31.1 Å². The molecule has 4 aromatic rings. The predicted molar refractivity (Wildman–Crippen MR) is 199 cm³/mol. The van der Waals surface area contributed by atoms with Crippen molar-refractivity contribution in [1.29, 1.82) is 0 Å². The van der Waals surface area contributed by atoms with E-state index in [0.29, 0.717) is 36.4 Å². The number of hydrogen-bond acceptors (Lipinski definition) is 8. The van der Waals surface area contributed by atoms with Crippen LogP contribution in [-0.4, -0.2) is 47.8 Å². The fourth-order valence-corrected chi connectivity index (χ4v) is 10.1. The smallest absolute Gasteiger partial charge is 0.308 e. The van der Waals surface area contributed by atoms with E-state index in [1.54, 1.807) is 14.0 Å². The molecule has 2 N–H and O–H groups in total. The summed E-state index contributed by atoms with van der Waals surface area (Å²) in [6, 6.07) is 12.0. The zero-order chi connectivity index (χ0) is 38.2. The number of fused-ring (bicyclic) bond motifs is 6. The fourth-order valence-electron chi connectivity index (χ4n) is 7.03. The van der Waals surface area contributed by atoms with Crippen molar-refractivity contribution in [1.82, 2.24) is 14.8 Å². The fraction of sp³-hybridized carbons (Fsp3) is 0.410. The lowest BCUT2D eigenvalue weighted by atomic mass is 9.75. The van der Waals surface area contributed by atoms with Gasteiger partial charge in [0.25, 0.3) is 0 Å². The topological polar surface area (TPSA) is 117 Å². The van der Waals surface area contributed by atoms with Crippen LogP contribution in [0, 0.1) is 28.8 Å². The van der Waals surface area contributed by atoms with Crippen molar-refractivity contribution in [3.05, 3.63) is 94.6 Å². The minimum atomic E-state index is -3.70. The van der Waals surface area contributed by atoms with E-state index in [4.69, 9.17) is 20.6 Å². The highest BCUT2D eigenvalue weighted by Gasteiger charge is 2.36. The molecular weight excluding hydrogens is 710 g/mol. The number of nitrogens with two attached hydrogens (primary N) is 1. The molecule has 0 radical (unpaired) electrons. The monoisotopic (exact) mass is 754 g/mol. The number of aryl methyl sites for hydroxylation is 1. The van der Waals surface area contributed by atoms with Crippen LogP contribution in [0.3, 0.4) is 0 Å². The molecule has 0 saturated heterocycles. The molecule has 1 aliphatic heterocycles. The van der Waals surface area contributed by atoms with Crippen LogP contribution in [0.2, 0.25) is 0 Å². The first kappa shape index (κ1) is 39.1. The van der Waals surface area contributed by atoms with Gasteiger partial charge in [0, 0.05) is 17.5 Å². The maximum Gasteiger partial charge on any atom is 0.308 e. The van der Waals surface area contributed by atoms with Gasteiger partial charge in [-0.1, -0.05) is 75.9 Å². The Balaban J connectivity index is 1.69. The van der Waals surface area contributed by atoms with Crippen molar-refractivity contribution in [2.75, 3.05) is 24.3 Å². The van der Waals surface area contributed by atoms with E-state index in [0.717, 1.165) is 22.9 Å². The molecular formula is C39H45F3N4O4S2. The number of halogens is 3. The van der Waals surface area contributed by atoms with E-state index in [1.807, 2.05) is 45.0 Å². The number of carbonyl (C=O) groups excluding carboxylic acids is 1. The molecule has 5 rings (SSSR count). The van der Waals surface area contributed by atoms with Crippen LogP contribution in [0.5, 0.6) is 0 Å². The Morgan fingerprint density at radius 2 is 1.87 bits per heavy atom. The van der Waals surface area contributed by atoms with Crippen LogP contribution in [-0.2, 0) is 44.7 Å². The van der Waals surface area contributed by atoms with E-state index >= 15 is 13.2 Å². The second kappa shape index (κ2) is 15.1. The van der Waals surface area contributed by atoms with Gasteiger partial charge in [-0.05, 0) is 72.9 Å². The third-order valence-corrected chi connectivity index (χ3v) is 13.1. The summed E-state index contributed by atoms with van der Waals surface area (Å²) in [5.74, 6) is -3.55. The van der Waals surface area contributed by atoms with E-state index < -0.39 is 43.8 Å². The van der Waals surface area contributed by atoms with Crippen LogP contribution in [0.15, 0.2) is 58.8 Å². The van der Waals surface area contributed by atoms with Crippen molar-refractivity contribution >= 4 is 39.3 Å². The SMILES string of the molecule is C=Cc1c(N)c(F)c(F)c2c1CCS(=O)(=O)CC(C)(C)CCC[C@](C)(c1cccc(C[C@H](C)C(=O)OC)c1)c1nc(n(C)n1)-c1cc(ccc1F)S2. The summed E-state index contributed by atoms with van der Waals surface area (Å²) in [5, 5.41) is 4.81. The lowest BCUT2D eigenvalue weighted by molar-refractivity contribution is -0.144. The number of sulfone groups is 1. The minimum absolute atomic E-state index is 0.0981. The number of ether oxygens (including phenoxy) is 1. The molecule has 0 fully saturated rings. The number of hydrogen-bond donors (Lipinski definition) is 1. The largest absolute Gasteiger partial charge is 0.469 e. The number of nitrogens with zero attached hydrogens (tertiary/aromatic N) is 3. The predicted octanol–water partition coefficient (Wildman–Crippen LogP) is 8.10. The normalized spacial score (nSPS) is 19.5. The Labute approximate surface area is 308 Å². The molecule has 52 heavy (non-hydrogen) atoms. The molecule has 13 heteroatoms. The Morgan fingerprint density at radius 1 is 1.13 bits per heavy atom. The minimum Gasteiger partial charge on any atom is -0.469 e. The summed E-state index contributed by atoms with van der Waals surface area (Å²) in [6.07, 6.45) is 3.28. The van der Waals surface area contributed by atoms with Gasteiger partial charge >= 0.3 is 5.97 Å². The van der Waals surface area contributed by atoms with Gasteiger partial charge < -0.3 is 10.5 Å². The third-order valence-electron chi connectivity index (χ3n) is 9.89. The molecule has 2 atom stereocenters. The van der Waals surface area contributed by atoms with Crippen LogP contribution in [0.1, 0.15) is 75.0 Å². The van der Waals surface area contributed by atoms with E-state index in [-0.39, 0.29) is 57.2 Å². The summed E-state index contributed by atoms with van der Waals surface area (Å²) >= 11 is 0.845. The molecule has 0 amide bonds. The van der Waals surface area contributed by atoms with Crippen LogP contribution >= 0.6 is 11.8 Å². The standard InChI is InChI=1S/C39H45F3N4O4S2/c1-8-27-28-15-18-52(48,49)22-38(3,4)16-10-17-39(5,25-12-9-11-24(20-25)19-23(2)36(47)50-7)37-44-35(46(6)45-37)29-21-26(13-14-30(29)40)51-34(28)32(42)31(41)33(27)43/h8-9,11-14,20-21,23H,1,10,15-19,22,43H2,2-7H3/t23-,39+/m0/s1. The highest BCUT2D eigenvalue weighted by molar-refractivity contribution is 7.99. The Morgan fingerprint density at radius 3 is 2.56 bits per heavy atom. The van der Waals surface area contributed by atoms with Gasteiger partial charge in [-0.25, -0.2) is 31.3 Å². The molecule has 278 valence electrons. The van der Waals surface area contributed by atoms with E-state index in [1.165, 1.54) is 36.1 Å². The molecule has 0 saturated carbocycles. The number of rotatable bonds is 5. The molecule has 1 aliphatic rings. The van der Waals surface area contributed by atoms with Crippen molar-refractivity contribution in [3.63, 3.8) is 0 Å². The summed E-state index contributed by atoms with van der Waals surface area (Å²) < 4.78 is 80.2. The van der Waals surface area contributed by atoms with Gasteiger partial charge in [0.1, 0.15) is 5.82 Å². The van der Waals surface area contributed by atoms with Gasteiger partial charge in [0.15, 0.2) is 33.1 Å². The summed E-state index contributed by atoms with van der Waals surface area (Å²) in [4.78, 5) is 17.3. The first-order valence-corrected chi connectivity index (χ1v) is 19.7. The number of methoxy groups -OCH3 is 1. The summed E-state index contributed by atoms with van der Waals surface area (Å²) in [7, 11) is -0.669. The van der Waals surface area contributed by atoms with Crippen molar-refractivity contribution in [2.24, 2.45) is 18.4 Å². The van der Waals surface area contributed by atoms with E-state index in [2.05, 4.69) is 6.58 Å². The molecule has 0 spiro atoms. The maximum atomic E-state index is 15.7. The second-order valence-electron chi connectivity index (χ2n) is 14.6. The molecule has 8 nitrogen and oxygen atoms in total. The van der Waals surface area contributed by atoms with Gasteiger partial charge in [-0.3, -0.25) is 4.79 Å². The quantitative estimate of drug-likeness (QED) is 0.161. The average molecular weight is 755 g/mol. The zero-order valence-electron chi connectivity index (χ0n) is 30.4. The molecule has 1 aromatic heterocycles. The first-order chi connectivity index (χ1) is 24.4. The number of nitrogen functional groups attached to an aromatic ring is 1. The molecule has 3 aromatic carbocycles. The summed E-state index contributed by atoms with van der Waals surface area (Å²) in [5.41, 5.74) is 6.30. The number of anilines is 1. The van der Waals surface area contributed by atoms with Crippen LogP contribution in [0.25, 0.3) is 17.5 Å². The zero-order valence-corrected chi connectivity index (χ0v) is 32.0. The number of benzene rings is 3. The molecule has 0 aliphatic carbocycles. The lowest BCUT2D eigenvalue weighted by Crippen LogP contribution is -2.29. The number of aromatic nitrogens is 3. The van der Waals surface area contributed by atoms with Gasteiger partial charge in [-0.15, -0.1) is 0 Å². The van der Waals surface area contributed by atoms with Crippen LogP contribution in [0.4, 0.5) is 18.9 Å². The Hall–Kier alpha value is -4.10. The summed E-state index contributed by atoms with van der Waals surface area (Å²) in [6.45, 7) is 11.3. The highest BCUT2D eigenvalue weighted by Crippen LogP contribution is 2.43. The van der Waals surface area contributed by atoms with Gasteiger partial charge in [0.2, 0.25) is 0 Å². The Kier molecular flexibility index (Phi) is 11.4. The van der Waals surface area contributed by atoms with Gasteiger partial charge in [0.05, 0.1) is 46.1 Å². The first-order valence-electron chi connectivity index (χ1n) is 17.1. The molecule has 0 unspecified atom stereocenters.